The molecule has 0 aromatic heterocycles. The van der Waals surface area contributed by atoms with E-state index in [1.807, 2.05) is 26.0 Å². The Hall–Kier alpha value is -2.55. The zero-order valence-corrected chi connectivity index (χ0v) is 19.8. The van der Waals surface area contributed by atoms with E-state index in [0.717, 1.165) is 39.8 Å². The Morgan fingerprint density at radius 2 is 1.53 bits per heavy atom. The summed E-state index contributed by atoms with van der Waals surface area (Å²) in [7, 11) is 0. The molecule has 0 atom stereocenters. The average molecular weight is 409 g/mol. The second kappa shape index (κ2) is 8.67. The Labute approximate surface area is 181 Å². The minimum atomic E-state index is -0.480. The van der Waals surface area contributed by atoms with Crippen LogP contribution in [0.4, 0.5) is 0 Å². The van der Waals surface area contributed by atoms with E-state index >= 15 is 0 Å². The number of aryl methyl sites for hydroxylation is 2. The SMILES string of the molecule is C=CC(=O)Oc1c(Cc2cc(C)cc(C(C)(C)CC)c2O)cc(C)cc1C(C)(C)C. The summed E-state index contributed by atoms with van der Waals surface area (Å²) in [5.41, 5.74) is 5.50. The minimum Gasteiger partial charge on any atom is -0.507 e. The van der Waals surface area contributed by atoms with Crippen molar-refractivity contribution in [3.8, 4) is 11.5 Å². The second-order valence-electron chi connectivity index (χ2n) is 9.91. The maximum atomic E-state index is 12.1. The topological polar surface area (TPSA) is 46.5 Å². The number of phenols is 1. The van der Waals surface area contributed by atoms with E-state index in [0.29, 0.717) is 17.9 Å². The molecule has 3 nitrogen and oxygen atoms in total. The summed E-state index contributed by atoms with van der Waals surface area (Å²) in [4.78, 5) is 12.1. The average Bonchev–Trinajstić information content (AvgIpc) is 2.64. The van der Waals surface area contributed by atoms with Crippen molar-refractivity contribution in [1.82, 2.24) is 0 Å². The predicted octanol–water partition coefficient (Wildman–Crippen LogP) is 6.68. The lowest BCUT2D eigenvalue weighted by atomic mass is 9.79. The molecule has 0 saturated carbocycles. The first-order valence-electron chi connectivity index (χ1n) is 10.6. The highest BCUT2D eigenvalue weighted by molar-refractivity contribution is 5.84. The van der Waals surface area contributed by atoms with E-state index < -0.39 is 5.97 Å². The fourth-order valence-corrected chi connectivity index (χ4v) is 3.70. The first-order chi connectivity index (χ1) is 13.8. The van der Waals surface area contributed by atoms with Crippen LogP contribution >= 0.6 is 0 Å². The first-order valence-corrected chi connectivity index (χ1v) is 10.6. The summed E-state index contributed by atoms with van der Waals surface area (Å²) in [5.74, 6) is 0.411. The van der Waals surface area contributed by atoms with Crippen LogP contribution in [-0.4, -0.2) is 11.1 Å². The summed E-state index contributed by atoms with van der Waals surface area (Å²) in [5, 5.41) is 11.1. The fraction of sp³-hybridized carbons (Fsp3) is 0.444. The van der Waals surface area contributed by atoms with Crippen LogP contribution in [0, 0.1) is 13.8 Å². The van der Waals surface area contributed by atoms with Crippen molar-refractivity contribution >= 4 is 5.97 Å². The van der Waals surface area contributed by atoms with E-state index in [1.165, 1.54) is 6.08 Å². The maximum Gasteiger partial charge on any atom is 0.335 e. The molecular weight excluding hydrogens is 372 g/mol. The number of phenolic OH excluding ortho intramolecular Hbond substituents is 1. The van der Waals surface area contributed by atoms with E-state index in [9.17, 15) is 9.90 Å². The predicted molar refractivity (Wildman–Crippen MR) is 125 cm³/mol. The number of aromatic hydroxyl groups is 1. The van der Waals surface area contributed by atoms with Gasteiger partial charge in [0.15, 0.2) is 0 Å². The van der Waals surface area contributed by atoms with Gasteiger partial charge in [-0.15, -0.1) is 0 Å². The Balaban J connectivity index is 2.70. The van der Waals surface area contributed by atoms with Crippen molar-refractivity contribution in [2.24, 2.45) is 0 Å². The number of rotatable bonds is 6. The summed E-state index contributed by atoms with van der Waals surface area (Å²) in [6, 6.07) is 8.19. The molecule has 162 valence electrons. The molecule has 0 radical (unpaired) electrons. The van der Waals surface area contributed by atoms with Crippen LogP contribution < -0.4 is 4.74 Å². The first kappa shape index (κ1) is 23.7. The molecular formula is C27H36O3. The number of carbonyl (C=O) groups is 1. The molecule has 0 aliphatic rings. The van der Waals surface area contributed by atoms with Crippen molar-refractivity contribution in [2.45, 2.75) is 79.1 Å². The van der Waals surface area contributed by atoms with Gasteiger partial charge in [-0.25, -0.2) is 4.79 Å². The Bertz CT molecular complexity index is 959. The molecule has 3 heteroatoms. The maximum absolute atomic E-state index is 12.1. The summed E-state index contributed by atoms with van der Waals surface area (Å²) in [6.45, 7) is 20.4. The van der Waals surface area contributed by atoms with Crippen molar-refractivity contribution in [1.29, 1.82) is 0 Å². The van der Waals surface area contributed by atoms with Crippen molar-refractivity contribution in [3.05, 3.63) is 70.3 Å². The van der Waals surface area contributed by atoms with Crippen LogP contribution in [0.25, 0.3) is 0 Å². The normalized spacial score (nSPS) is 12.0. The number of ether oxygens (including phenoxy) is 1. The molecule has 0 aliphatic carbocycles. The fourth-order valence-electron chi connectivity index (χ4n) is 3.70. The van der Waals surface area contributed by atoms with Gasteiger partial charge in [-0.05, 0) is 42.2 Å². The summed E-state index contributed by atoms with van der Waals surface area (Å²) < 4.78 is 5.73. The number of carbonyl (C=O) groups excluding carboxylic acids is 1. The van der Waals surface area contributed by atoms with Crippen molar-refractivity contribution in [3.63, 3.8) is 0 Å². The van der Waals surface area contributed by atoms with Crippen LogP contribution in [0.3, 0.4) is 0 Å². The van der Waals surface area contributed by atoms with Gasteiger partial charge in [-0.2, -0.15) is 0 Å². The highest BCUT2D eigenvalue weighted by atomic mass is 16.5. The Morgan fingerprint density at radius 1 is 1.00 bits per heavy atom. The Kier molecular flexibility index (Phi) is 6.86. The Morgan fingerprint density at radius 3 is 2.03 bits per heavy atom. The van der Waals surface area contributed by atoms with Crippen molar-refractivity contribution in [2.75, 3.05) is 0 Å². The third-order valence-corrected chi connectivity index (χ3v) is 5.81. The van der Waals surface area contributed by atoms with Gasteiger partial charge in [0, 0.05) is 23.6 Å². The second-order valence-corrected chi connectivity index (χ2v) is 9.91. The molecule has 0 spiro atoms. The van der Waals surface area contributed by atoms with Crippen LogP contribution in [-0.2, 0) is 22.0 Å². The quantitative estimate of drug-likeness (QED) is 0.329. The standard InChI is InChI=1S/C27H36O3/c1-10-23(28)30-25-20(13-18(4)15-22(25)26(5,6)7)16-19-12-17(3)14-21(24(19)29)27(8,9)11-2/h10,12-15,29H,1,11,16H2,2-9H3. The molecule has 2 rings (SSSR count). The highest BCUT2D eigenvalue weighted by Crippen LogP contribution is 2.40. The molecule has 0 fully saturated rings. The number of hydrogen-bond acceptors (Lipinski definition) is 3. The molecule has 0 unspecified atom stereocenters. The van der Waals surface area contributed by atoms with Gasteiger partial charge in [0.1, 0.15) is 11.5 Å². The lowest BCUT2D eigenvalue weighted by molar-refractivity contribution is -0.129. The molecule has 0 saturated heterocycles. The zero-order chi connectivity index (χ0) is 22.9. The van der Waals surface area contributed by atoms with Gasteiger partial charge in [-0.1, -0.05) is 83.5 Å². The molecule has 0 aliphatic heterocycles. The van der Waals surface area contributed by atoms with Gasteiger partial charge in [0.05, 0.1) is 0 Å². The molecule has 2 aromatic rings. The third kappa shape index (κ3) is 5.13. The molecule has 30 heavy (non-hydrogen) atoms. The highest BCUT2D eigenvalue weighted by Gasteiger charge is 2.27. The van der Waals surface area contributed by atoms with Crippen LogP contribution in [0.2, 0.25) is 0 Å². The van der Waals surface area contributed by atoms with Gasteiger partial charge in [-0.3, -0.25) is 0 Å². The van der Waals surface area contributed by atoms with Gasteiger partial charge >= 0.3 is 5.97 Å². The van der Waals surface area contributed by atoms with Gasteiger partial charge in [0.25, 0.3) is 0 Å². The zero-order valence-electron chi connectivity index (χ0n) is 19.8. The van der Waals surface area contributed by atoms with Crippen molar-refractivity contribution < 1.29 is 14.6 Å². The van der Waals surface area contributed by atoms with Crippen LogP contribution in [0.5, 0.6) is 11.5 Å². The molecule has 0 amide bonds. The van der Waals surface area contributed by atoms with Crippen LogP contribution in [0.1, 0.15) is 81.3 Å². The molecule has 0 heterocycles. The number of hydrogen-bond donors (Lipinski definition) is 1. The third-order valence-electron chi connectivity index (χ3n) is 5.81. The van der Waals surface area contributed by atoms with Gasteiger partial charge in [0.2, 0.25) is 0 Å². The van der Waals surface area contributed by atoms with E-state index in [4.69, 9.17) is 4.74 Å². The monoisotopic (exact) mass is 408 g/mol. The molecule has 1 N–H and O–H groups in total. The van der Waals surface area contributed by atoms with Gasteiger partial charge < -0.3 is 9.84 Å². The van der Waals surface area contributed by atoms with E-state index in [2.05, 4.69) is 60.3 Å². The molecule has 0 bridgehead atoms. The number of esters is 1. The van der Waals surface area contributed by atoms with Crippen LogP contribution in [0.15, 0.2) is 36.9 Å². The largest absolute Gasteiger partial charge is 0.507 e. The molecule has 2 aromatic carbocycles. The van der Waals surface area contributed by atoms with E-state index in [-0.39, 0.29) is 10.8 Å². The minimum absolute atomic E-state index is 0.133. The lowest BCUT2D eigenvalue weighted by Crippen LogP contribution is -2.18. The summed E-state index contributed by atoms with van der Waals surface area (Å²) in [6.07, 6.45) is 2.58. The van der Waals surface area contributed by atoms with E-state index in [1.54, 1.807) is 0 Å². The smallest absolute Gasteiger partial charge is 0.335 e. The number of benzene rings is 2. The lowest BCUT2D eigenvalue weighted by Gasteiger charge is -2.27. The summed E-state index contributed by atoms with van der Waals surface area (Å²) >= 11 is 0.